The summed E-state index contributed by atoms with van der Waals surface area (Å²) in [5, 5.41) is 9.11. The zero-order valence-electron chi connectivity index (χ0n) is 11.3. The zero-order chi connectivity index (χ0) is 14.0. The molecule has 1 N–H and O–H groups in total. The lowest BCUT2D eigenvalue weighted by Crippen LogP contribution is -2.52. The standard InChI is InChI=1S/C12H22N2O4S/c1-10-7-11(12(15)16)9-14(8-10)19(17,18)13-5-3-2-4-6-13/h10-11H,2-9H2,1H3,(H,15,16). The largest absolute Gasteiger partial charge is 0.481 e. The Labute approximate surface area is 114 Å². The van der Waals surface area contributed by atoms with E-state index < -0.39 is 22.1 Å². The van der Waals surface area contributed by atoms with E-state index >= 15 is 0 Å². The number of carboxylic acid groups (broad SMARTS) is 1. The average molecular weight is 290 g/mol. The Morgan fingerprint density at radius 3 is 2.32 bits per heavy atom. The molecule has 2 saturated heterocycles. The monoisotopic (exact) mass is 290 g/mol. The summed E-state index contributed by atoms with van der Waals surface area (Å²) in [6.07, 6.45) is 3.41. The number of hydrogen-bond donors (Lipinski definition) is 1. The van der Waals surface area contributed by atoms with Gasteiger partial charge in [-0.15, -0.1) is 0 Å². The van der Waals surface area contributed by atoms with Crippen molar-refractivity contribution in [2.75, 3.05) is 26.2 Å². The number of nitrogens with zero attached hydrogens (tertiary/aromatic N) is 2. The Morgan fingerprint density at radius 1 is 1.11 bits per heavy atom. The number of aliphatic carboxylic acids is 1. The molecule has 2 aliphatic rings. The van der Waals surface area contributed by atoms with Crippen LogP contribution in [0.1, 0.15) is 32.6 Å². The van der Waals surface area contributed by atoms with E-state index in [-0.39, 0.29) is 12.5 Å². The van der Waals surface area contributed by atoms with Crippen LogP contribution in [0.5, 0.6) is 0 Å². The van der Waals surface area contributed by atoms with Crippen molar-refractivity contribution in [2.45, 2.75) is 32.6 Å². The second-order valence-corrected chi connectivity index (χ2v) is 7.59. The SMILES string of the molecule is CC1CC(C(=O)O)CN(S(=O)(=O)N2CCCCC2)C1. The van der Waals surface area contributed by atoms with Crippen LogP contribution in [-0.2, 0) is 15.0 Å². The van der Waals surface area contributed by atoms with Gasteiger partial charge in [-0.2, -0.15) is 17.0 Å². The predicted molar refractivity (Wildman–Crippen MR) is 70.8 cm³/mol. The maximum atomic E-state index is 12.5. The van der Waals surface area contributed by atoms with E-state index in [0.29, 0.717) is 26.1 Å². The third-order valence-electron chi connectivity index (χ3n) is 3.94. The third-order valence-corrected chi connectivity index (χ3v) is 5.91. The summed E-state index contributed by atoms with van der Waals surface area (Å²) < 4.78 is 27.9. The quantitative estimate of drug-likeness (QED) is 0.832. The van der Waals surface area contributed by atoms with Crippen LogP contribution >= 0.6 is 0 Å². The highest BCUT2D eigenvalue weighted by molar-refractivity contribution is 7.86. The van der Waals surface area contributed by atoms with Crippen LogP contribution in [0.3, 0.4) is 0 Å². The van der Waals surface area contributed by atoms with Crippen LogP contribution in [0.15, 0.2) is 0 Å². The molecule has 2 heterocycles. The fraction of sp³-hybridized carbons (Fsp3) is 0.917. The first-order valence-electron chi connectivity index (χ1n) is 6.89. The van der Waals surface area contributed by atoms with Crippen LogP contribution in [0, 0.1) is 11.8 Å². The molecule has 0 aliphatic carbocycles. The van der Waals surface area contributed by atoms with Crippen molar-refractivity contribution in [2.24, 2.45) is 11.8 Å². The normalized spacial score (nSPS) is 31.2. The highest BCUT2D eigenvalue weighted by atomic mass is 32.2. The fourth-order valence-corrected chi connectivity index (χ4v) is 4.79. The minimum absolute atomic E-state index is 0.0921. The molecule has 2 atom stereocenters. The van der Waals surface area contributed by atoms with E-state index in [1.165, 1.54) is 8.61 Å². The number of hydrogen-bond acceptors (Lipinski definition) is 3. The highest BCUT2D eigenvalue weighted by Crippen LogP contribution is 2.26. The number of carboxylic acids is 1. The van der Waals surface area contributed by atoms with Crippen LogP contribution in [0.2, 0.25) is 0 Å². The van der Waals surface area contributed by atoms with Gasteiger partial charge in [-0.05, 0) is 25.2 Å². The van der Waals surface area contributed by atoms with Crippen molar-refractivity contribution < 1.29 is 18.3 Å². The fourth-order valence-electron chi connectivity index (χ4n) is 2.93. The molecule has 6 nitrogen and oxygen atoms in total. The van der Waals surface area contributed by atoms with E-state index in [1.807, 2.05) is 6.92 Å². The lowest BCUT2D eigenvalue weighted by atomic mass is 9.92. The highest BCUT2D eigenvalue weighted by Gasteiger charge is 2.38. The van der Waals surface area contributed by atoms with Gasteiger partial charge < -0.3 is 5.11 Å². The lowest BCUT2D eigenvalue weighted by Gasteiger charge is -2.37. The Bertz CT molecular complexity index is 431. The van der Waals surface area contributed by atoms with E-state index in [0.717, 1.165) is 19.3 Å². The van der Waals surface area contributed by atoms with Gasteiger partial charge in [0.05, 0.1) is 5.92 Å². The third kappa shape index (κ3) is 3.27. The van der Waals surface area contributed by atoms with Crippen molar-refractivity contribution >= 4 is 16.2 Å². The smallest absolute Gasteiger partial charge is 0.307 e. The second kappa shape index (κ2) is 5.76. The molecule has 0 bridgehead atoms. The maximum Gasteiger partial charge on any atom is 0.307 e. The summed E-state index contributed by atoms with van der Waals surface area (Å²) in [7, 11) is -3.48. The Hall–Kier alpha value is -0.660. The molecule has 0 radical (unpaired) electrons. The van der Waals surface area contributed by atoms with Crippen molar-refractivity contribution in [1.82, 2.24) is 8.61 Å². The summed E-state index contributed by atoms with van der Waals surface area (Å²) in [5.41, 5.74) is 0. The molecule has 0 aromatic carbocycles. The molecule has 7 heteroatoms. The molecule has 0 aromatic rings. The van der Waals surface area contributed by atoms with Gasteiger partial charge in [0, 0.05) is 26.2 Å². The molecule has 110 valence electrons. The van der Waals surface area contributed by atoms with Gasteiger partial charge in [0.15, 0.2) is 0 Å². The molecule has 2 unspecified atom stereocenters. The molecular formula is C12H22N2O4S. The molecule has 0 aromatic heterocycles. The first-order valence-corrected chi connectivity index (χ1v) is 8.29. The average Bonchev–Trinajstić information content (AvgIpc) is 2.39. The first-order chi connectivity index (χ1) is 8.91. The molecule has 2 rings (SSSR count). The summed E-state index contributed by atoms with van der Waals surface area (Å²) in [6.45, 7) is 3.57. The number of rotatable bonds is 3. The molecule has 0 spiro atoms. The summed E-state index contributed by atoms with van der Waals surface area (Å²) >= 11 is 0. The maximum absolute atomic E-state index is 12.5. The minimum atomic E-state index is -3.48. The summed E-state index contributed by atoms with van der Waals surface area (Å²) in [5.74, 6) is -1.39. The minimum Gasteiger partial charge on any atom is -0.481 e. The molecule has 2 aliphatic heterocycles. The molecule has 0 amide bonds. The lowest BCUT2D eigenvalue weighted by molar-refractivity contribution is -0.143. The van der Waals surface area contributed by atoms with Crippen molar-refractivity contribution in [3.8, 4) is 0 Å². The van der Waals surface area contributed by atoms with Gasteiger partial charge in [-0.25, -0.2) is 0 Å². The van der Waals surface area contributed by atoms with Crippen molar-refractivity contribution in [1.29, 1.82) is 0 Å². The predicted octanol–water partition coefficient (Wildman–Crippen LogP) is 0.760. The first kappa shape index (κ1) is 14.7. The Kier molecular flexibility index (Phi) is 4.47. The van der Waals surface area contributed by atoms with Gasteiger partial charge in [0.1, 0.15) is 0 Å². The summed E-state index contributed by atoms with van der Waals surface area (Å²) in [6, 6.07) is 0. The van der Waals surface area contributed by atoms with E-state index in [4.69, 9.17) is 5.11 Å². The molecular weight excluding hydrogens is 268 g/mol. The summed E-state index contributed by atoms with van der Waals surface area (Å²) in [4.78, 5) is 11.1. The Balaban J connectivity index is 2.12. The molecule has 2 fully saturated rings. The van der Waals surface area contributed by atoms with Crippen LogP contribution in [0.25, 0.3) is 0 Å². The van der Waals surface area contributed by atoms with Gasteiger partial charge in [0.2, 0.25) is 0 Å². The van der Waals surface area contributed by atoms with Gasteiger partial charge in [0.25, 0.3) is 10.2 Å². The van der Waals surface area contributed by atoms with Crippen LogP contribution in [0.4, 0.5) is 0 Å². The van der Waals surface area contributed by atoms with Gasteiger partial charge in [-0.1, -0.05) is 13.3 Å². The van der Waals surface area contributed by atoms with E-state index in [9.17, 15) is 13.2 Å². The van der Waals surface area contributed by atoms with Crippen LogP contribution in [-0.4, -0.2) is 54.3 Å². The molecule has 0 saturated carbocycles. The number of carbonyl (C=O) groups is 1. The topological polar surface area (TPSA) is 77.9 Å². The molecule has 19 heavy (non-hydrogen) atoms. The van der Waals surface area contributed by atoms with Gasteiger partial charge in [-0.3, -0.25) is 4.79 Å². The Morgan fingerprint density at radius 2 is 1.74 bits per heavy atom. The van der Waals surface area contributed by atoms with E-state index in [1.54, 1.807) is 0 Å². The number of piperidine rings is 2. The van der Waals surface area contributed by atoms with Gasteiger partial charge >= 0.3 is 5.97 Å². The zero-order valence-corrected chi connectivity index (χ0v) is 12.1. The van der Waals surface area contributed by atoms with Crippen molar-refractivity contribution in [3.05, 3.63) is 0 Å². The van der Waals surface area contributed by atoms with E-state index in [2.05, 4.69) is 0 Å². The second-order valence-electron chi connectivity index (χ2n) is 5.66. The van der Waals surface area contributed by atoms with Crippen LogP contribution < -0.4 is 0 Å². The van der Waals surface area contributed by atoms with Crippen molar-refractivity contribution in [3.63, 3.8) is 0 Å².